The van der Waals surface area contributed by atoms with E-state index in [1.54, 1.807) is 0 Å². The number of nitrogens with one attached hydrogen (secondary N) is 1. The van der Waals surface area contributed by atoms with Gasteiger partial charge in [-0.3, -0.25) is 9.59 Å². The van der Waals surface area contributed by atoms with Gasteiger partial charge in [-0.25, -0.2) is 4.79 Å². The normalized spacial score (nSPS) is 35.0. The van der Waals surface area contributed by atoms with Crippen molar-refractivity contribution in [1.82, 2.24) is 5.48 Å². The lowest BCUT2D eigenvalue weighted by Crippen LogP contribution is -2.51. The predicted molar refractivity (Wildman–Crippen MR) is 76.1 cm³/mol. The Labute approximate surface area is 129 Å². The van der Waals surface area contributed by atoms with E-state index in [9.17, 15) is 14.4 Å². The molecule has 6 nitrogen and oxygen atoms in total. The van der Waals surface area contributed by atoms with Gasteiger partial charge in [0, 0.05) is 6.42 Å². The third-order valence-electron chi connectivity index (χ3n) is 5.51. The Morgan fingerprint density at radius 2 is 1.55 bits per heavy atom. The van der Waals surface area contributed by atoms with Crippen molar-refractivity contribution in [2.45, 2.75) is 51.4 Å². The number of hydrogen-bond donors (Lipinski definition) is 1. The highest BCUT2D eigenvalue weighted by Crippen LogP contribution is 2.60. The number of ether oxygens (including phenoxy) is 1. The van der Waals surface area contributed by atoms with Crippen LogP contribution in [0.4, 0.5) is 0 Å². The molecule has 0 atom stereocenters. The van der Waals surface area contributed by atoms with Gasteiger partial charge in [0.15, 0.2) is 0 Å². The molecule has 0 radical (unpaired) electrons. The molecule has 0 unspecified atom stereocenters. The Morgan fingerprint density at radius 1 is 1.00 bits per heavy atom. The molecule has 4 fully saturated rings. The van der Waals surface area contributed by atoms with E-state index in [0.29, 0.717) is 17.8 Å². The number of methoxy groups -OCH3 is 1. The molecule has 4 aliphatic rings. The molecule has 6 heteroatoms. The van der Waals surface area contributed by atoms with Gasteiger partial charge in [-0.2, -0.15) is 5.48 Å². The maximum Gasteiger partial charge on any atom is 0.338 e. The van der Waals surface area contributed by atoms with Crippen LogP contribution in [0.1, 0.15) is 51.4 Å². The van der Waals surface area contributed by atoms with Crippen LogP contribution < -0.4 is 5.48 Å². The first-order valence-corrected chi connectivity index (χ1v) is 8.07. The SMILES string of the molecule is COC(=O)CCC(=O)NOC(=O)C12CC3CC(CC(C3)C1)C2. The van der Waals surface area contributed by atoms with E-state index in [2.05, 4.69) is 10.2 Å². The van der Waals surface area contributed by atoms with E-state index in [-0.39, 0.29) is 24.2 Å². The number of rotatable bonds is 4. The Bertz CT molecular complexity index is 452. The number of carbonyl (C=O) groups excluding carboxylic acids is 3. The molecule has 4 bridgehead atoms. The van der Waals surface area contributed by atoms with Crippen LogP contribution in [0.15, 0.2) is 0 Å². The van der Waals surface area contributed by atoms with Crippen molar-refractivity contribution in [2.24, 2.45) is 23.2 Å². The van der Waals surface area contributed by atoms with E-state index in [0.717, 1.165) is 19.3 Å². The first-order chi connectivity index (χ1) is 10.5. The standard InChI is InChI=1S/C16H23NO5/c1-21-14(19)3-2-13(18)17-22-15(20)16-7-10-4-11(8-16)6-12(5-10)9-16/h10-12H,2-9H2,1H3,(H,17,18). The Balaban J connectivity index is 1.50. The highest BCUT2D eigenvalue weighted by atomic mass is 16.7. The third-order valence-corrected chi connectivity index (χ3v) is 5.51. The average Bonchev–Trinajstić information content (AvgIpc) is 2.48. The molecule has 4 aliphatic carbocycles. The number of carbonyl (C=O) groups is 3. The summed E-state index contributed by atoms with van der Waals surface area (Å²) in [5.74, 6) is 0.723. The minimum atomic E-state index is -0.469. The van der Waals surface area contributed by atoms with Crippen LogP contribution in [-0.2, 0) is 24.0 Å². The summed E-state index contributed by atoms with van der Waals surface area (Å²) in [6, 6.07) is 0. The molecule has 122 valence electrons. The highest BCUT2D eigenvalue weighted by Gasteiger charge is 2.55. The zero-order valence-electron chi connectivity index (χ0n) is 12.9. The molecular formula is C16H23NO5. The lowest BCUT2D eigenvalue weighted by molar-refractivity contribution is -0.182. The smallest absolute Gasteiger partial charge is 0.338 e. The predicted octanol–water partition coefficient (Wildman–Crippen LogP) is 1.73. The second-order valence-corrected chi connectivity index (χ2v) is 7.19. The minimum Gasteiger partial charge on any atom is -0.469 e. The molecular weight excluding hydrogens is 286 g/mol. The number of hydrogen-bond acceptors (Lipinski definition) is 5. The molecule has 0 aromatic heterocycles. The fourth-order valence-corrected chi connectivity index (χ4v) is 4.94. The number of amides is 1. The van der Waals surface area contributed by atoms with E-state index in [1.807, 2.05) is 0 Å². The van der Waals surface area contributed by atoms with Crippen LogP contribution in [0.2, 0.25) is 0 Å². The summed E-state index contributed by atoms with van der Waals surface area (Å²) in [5, 5.41) is 0. The summed E-state index contributed by atoms with van der Waals surface area (Å²) in [5.41, 5.74) is 1.81. The van der Waals surface area contributed by atoms with Gasteiger partial charge < -0.3 is 9.57 Å². The van der Waals surface area contributed by atoms with Crippen molar-refractivity contribution >= 4 is 17.8 Å². The van der Waals surface area contributed by atoms with Crippen LogP contribution in [0, 0.1) is 23.2 Å². The molecule has 0 aromatic rings. The topological polar surface area (TPSA) is 81.7 Å². The fraction of sp³-hybridized carbons (Fsp3) is 0.812. The van der Waals surface area contributed by atoms with Gasteiger partial charge in [0.25, 0.3) is 5.91 Å². The summed E-state index contributed by atoms with van der Waals surface area (Å²) in [6.07, 6.45) is 6.38. The van der Waals surface area contributed by atoms with Gasteiger partial charge in [0.2, 0.25) is 0 Å². The zero-order chi connectivity index (χ0) is 15.7. The molecule has 22 heavy (non-hydrogen) atoms. The van der Waals surface area contributed by atoms with Crippen LogP contribution in [0.5, 0.6) is 0 Å². The maximum atomic E-state index is 12.5. The number of hydroxylamine groups is 1. The average molecular weight is 309 g/mol. The van der Waals surface area contributed by atoms with Crippen molar-refractivity contribution in [3.8, 4) is 0 Å². The van der Waals surface area contributed by atoms with Gasteiger partial charge in [0.05, 0.1) is 18.9 Å². The summed E-state index contributed by atoms with van der Waals surface area (Å²) < 4.78 is 4.46. The summed E-state index contributed by atoms with van der Waals surface area (Å²) in [6.45, 7) is 0. The lowest BCUT2D eigenvalue weighted by Gasteiger charge is -2.54. The van der Waals surface area contributed by atoms with E-state index >= 15 is 0 Å². The molecule has 0 saturated heterocycles. The molecule has 1 amide bonds. The van der Waals surface area contributed by atoms with Gasteiger partial charge in [0.1, 0.15) is 0 Å². The zero-order valence-corrected chi connectivity index (χ0v) is 12.9. The van der Waals surface area contributed by atoms with E-state index < -0.39 is 11.9 Å². The first-order valence-electron chi connectivity index (χ1n) is 8.07. The Hall–Kier alpha value is -1.59. The maximum absolute atomic E-state index is 12.5. The van der Waals surface area contributed by atoms with Crippen LogP contribution in [0.3, 0.4) is 0 Å². The summed E-state index contributed by atoms with van der Waals surface area (Å²) in [7, 11) is 1.27. The third kappa shape index (κ3) is 2.96. The van der Waals surface area contributed by atoms with Crippen molar-refractivity contribution in [2.75, 3.05) is 7.11 Å². The minimum absolute atomic E-state index is 0.0166. The van der Waals surface area contributed by atoms with Crippen molar-refractivity contribution in [3.63, 3.8) is 0 Å². The van der Waals surface area contributed by atoms with E-state index in [1.165, 1.54) is 26.4 Å². The van der Waals surface area contributed by atoms with Gasteiger partial charge in [-0.15, -0.1) is 0 Å². The lowest BCUT2D eigenvalue weighted by atomic mass is 9.49. The Morgan fingerprint density at radius 3 is 2.05 bits per heavy atom. The van der Waals surface area contributed by atoms with Crippen LogP contribution in [-0.4, -0.2) is 25.0 Å². The van der Waals surface area contributed by atoms with Gasteiger partial charge in [-0.1, -0.05) is 0 Å². The first kappa shape index (κ1) is 15.3. The van der Waals surface area contributed by atoms with Crippen molar-refractivity contribution in [1.29, 1.82) is 0 Å². The summed E-state index contributed by atoms with van der Waals surface area (Å²) >= 11 is 0. The van der Waals surface area contributed by atoms with Crippen molar-refractivity contribution < 1.29 is 24.0 Å². The molecule has 4 rings (SSSR count). The van der Waals surface area contributed by atoms with Gasteiger partial charge >= 0.3 is 11.9 Å². The summed E-state index contributed by atoms with van der Waals surface area (Å²) in [4.78, 5) is 40.1. The van der Waals surface area contributed by atoms with Crippen molar-refractivity contribution in [3.05, 3.63) is 0 Å². The van der Waals surface area contributed by atoms with Crippen LogP contribution in [0.25, 0.3) is 0 Å². The molecule has 0 aliphatic heterocycles. The second-order valence-electron chi connectivity index (χ2n) is 7.19. The highest BCUT2D eigenvalue weighted by molar-refractivity contribution is 5.83. The molecule has 1 N–H and O–H groups in total. The molecule has 0 aromatic carbocycles. The largest absolute Gasteiger partial charge is 0.469 e. The number of esters is 1. The second kappa shape index (κ2) is 5.89. The quantitative estimate of drug-likeness (QED) is 0.632. The molecule has 4 saturated carbocycles. The fourth-order valence-electron chi connectivity index (χ4n) is 4.94. The van der Waals surface area contributed by atoms with Crippen LogP contribution >= 0.6 is 0 Å². The monoisotopic (exact) mass is 309 g/mol. The molecule has 0 spiro atoms. The van der Waals surface area contributed by atoms with Gasteiger partial charge in [-0.05, 0) is 56.3 Å². The Kier molecular flexibility index (Phi) is 4.10. The van der Waals surface area contributed by atoms with E-state index in [4.69, 9.17) is 4.84 Å². The molecule has 0 heterocycles.